The van der Waals surface area contributed by atoms with Gasteiger partial charge < -0.3 is 4.42 Å². The molecule has 0 N–H and O–H groups in total. The summed E-state index contributed by atoms with van der Waals surface area (Å²) in [6, 6.07) is 1.43. The summed E-state index contributed by atoms with van der Waals surface area (Å²) in [7, 11) is 0. The van der Waals surface area contributed by atoms with Gasteiger partial charge in [0, 0.05) is 11.3 Å². The van der Waals surface area contributed by atoms with Gasteiger partial charge in [-0.25, -0.2) is 4.39 Å². The average Bonchev–Trinajstić information content (AvgIpc) is 2.31. The number of hydrogen-bond donors (Lipinski definition) is 0. The molecule has 62 valence electrons. The van der Waals surface area contributed by atoms with Crippen LogP contribution >= 0.6 is 0 Å². The predicted octanol–water partition coefficient (Wildman–Crippen LogP) is 0.766. The van der Waals surface area contributed by atoms with Crippen LogP contribution in [0.25, 0.3) is 12.7 Å². The largest absolute Gasteiger partial charge is 0.453 e. The van der Waals surface area contributed by atoms with Crippen LogP contribution in [0.5, 0.6) is 0 Å². The molecule has 0 aliphatic carbocycles. The van der Waals surface area contributed by atoms with Crippen molar-refractivity contribution in [2.24, 2.45) is 0 Å². The second kappa shape index (κ2) is 3.17. The van der Waals surface area contributed by atoms with E-state index in [-0.39, 0.29) is 11.2 Å². The molecule has 0 saturated carbocycles. The Hall–Kier alpha value is -1.64. The van der Waals surface area contributed by atoms with Gasteiger partial charge in [0.05, 0.1) is 0 Å². The normalized spacial score (nSPS) is 11.6. The van der Waals surface area contributed by atoms with Gasteiger partial charge in [-0.1, -0.05) is 13.2 Å². The third kappa shape index (κ3) is 1.69. The van der Waals surface area contributed by atoms with Crippen molar-refractivity contribution in [3.05, 3.63) is 34.9 Å². The molecule has 0 saturated heterocycles. The van der Waals surface area contributed by atoms with Gasteiger partial charge in [0.2, 0.25) is 0 Å². The fourth-order valence-electron chi connectivity index (χ4n) is 0.787. The van der Waals surface area contributed by atoms with Crippen LogP contribution in [0.1, 0.15) is 10.6 Å². The lowest BCUT2D eigenvalue weighted by Crippen LogP contribution is -2.16. The number of rotatable bonds is 2. The van der Waals surface area contributed by atoms with Gasteiger partial charge in [0.15, 0.2) is 12.0 Å². The Morgan fingerprint density at radius 2 is 2.33 bits per heavy atom. The maximum Gasteiger partial charge on any atom is 0.185 e. The molecule has 0 atom stereocenters. The first-order valence-electron chi connectivity index (χ1n) is 3.23. The number of carbonyl (C=O) groups is 1. The average molecular weight is 166 g/mol. The first kappa shape index (κ1) is 8.46. The summed E-state index contributed by atoms with van der Waals surface area (Å²) < 4.78 is 17.1. The number of carbonyl (C=O) groups excluding carboxylic acids is 1. The highest BCUT2D eigenvalue weighted by Crippen LogP contribution is 1.91. The van der Waals surface area contributed by atoms with Gasteiger partial charge >= 0.3 is 0 Å². The minimum absolute atomic E-state index is 0.132. The summed E-state index contributed by atoms with van der Waals surface area (Å²) in [6.45, 7) is 6.58. The summed E-state index contributed by atoms with van der Waals surface area (Å²) in [6.07, 6.45) is 1.61. The van der Waals surface area contributed by atoms with Crippen LogP contribution in [0.15, 0.2) is 22.9 Å². The molecule has 0 unspecified atom stereocenters. The molecule has 0 radical (unpaired) electrons. The van der Waals surface area contributed by atoms with Gasteiger partial charge in [-0.15, -0.1) is 0 Å². The Balaban J connectivity index is 3.35. The molecule has 1 aromatic rings. The maximum absolute atomic E-state index is 12.3. The fraction of sp³-hybridized carbons (Fsp3) is 0. The van der Waals surface area contributed by atoms with E-state index < -0.39 is 5.83 Å². The third-order valence-corrected chi connectivity index (χ3v) is 1.26. The van der Waals surface area contributed by atoms with Crippen LogP contribution in [0.2, 0.25) is 0 Å². The first-order valence-corrected chi connectivity index (χ1v) is 3.23. The van der Waals surface area contributed by atoms with Crippen LogP contribution in [0, 0.1) is 0 Å². The topological polar surface area (TPSA) is 30.2 Å². The summed E-state index contributed by atoms with van der Waals surface area (Å²) in [5.41, 5.74) is 0.226. The van der Waals surface area contributed by atoms with Gasteiger partial charge in [0.25, 0.3) is 0 Å². The predicted molar refractivity (Wildman–Crippen MR) is 43.6 cm³/mol. The minimum Gasteiger partial charge on any atom is -0.453 e. The zero-order chi connectivity index (χ0) is 9.14. The van der Waals surface area contributed by atoms with Crippen molar-refractivity contribution in [2.75, 3.05) is 0 Å². The summed E-state index contributed by atoms with van der Waals surface area (Å²) in [5.74, 6) is -0.501. The van der Waals surface area contributed by atoms with E-state index >= 15 is 0 Å². The van der Waals surface area contributed by atoms with Crippen molar-refractivity contribution < 1.29 is 13.6 Å². The maximum atomic E-state index is 12.3. The lowest BCUT2D eigenvalue weighted by molar-refractivity contribution is 0.109. The molecular weight excluding hydrogens is 159 g/mol. The number of allylic oxidation sites excluding steroid dienone is 1. The number of furan rings is 1. The molecular formula is C9H7FO2. The monoisotopic (exact) mass is 166 g/mol. The Morgan fingerprint density at radius 3 is 2.75 bits per heavy atom. The quantitative estimate of drug-likeness (QED) is 0.607. The van der Waals surface area contributed by atoms with Gasteiger partial charge in [-0.3, -0.25) is 4.79 Å². The molecule has 0 fully saturated rings. The van der Waals surface area contributed by atoms with Crippen molar-refractivity contribution in [2.45, 2.75) is 0 Å². The zero-order valence-corrected chi connectivity index (χ0v) is 6.34. The van der Waals surface area contributed by atoms with E-state index in [4.69, 9.17) is 4.42 Å². The minimum atomic E-state index is -0.633. The second-order valence-corrected chi connectivity index (χ2v) is 2.25. The highest BCUT2D eigenvalue weighted by Gasteiger charge is 1.95. The van der Waals surface area contributed by atoms with Crippen LogP contribution in [0.3, 0.4) is 0 Å². The number of aldehydes is 1. The molecule has 0 spiro atoms. The third-order valence-electron chi connectivity index (χ3n) is 1.26. The van der Waals surface area contributed by atoms with Gasteiger partial charge in [-0.05, 0) is 6.07 Å². The summed E-state index contributed by atoms with van der Waals surface area (Å²) >= 11 is 0. The molecule has 2 nitrogen and oxygen atoms in total. The summed E-state index contributed by atoms with van der Waals surface area (Å²) in [5, 5.41) is 0.468. The van der Waals surface area contributed by atoms with Crippen molar-refractivity contribution in [3.63, 3.8) is 0 Å². The van der Waals surface area contributed by atoms with Crippen LogP contribution in [-0.2, 0) is 0 Å². The van der Waals surface area contributed by atoms with E-state index in [1.54, 1.807) is 0 Å². The highest BCUT2D eigenvalue weighted by molar-refractivity contribution is 5.70. The molecule has 0 bridgehead atoms. The number of hydrogen-bond acceptors (Lipinski definition) is 2. The Kier molecular flexibility index (Phi) is 2.24. The Labute approximate surface area is 68.3 Å². The second-order valence-electron chi connectivity index (χ2n) is 2.25. The Morgan fingerprint density at radius 1 is 1.67 bits per heavy atom. The van der Waals surface area contributed by atoms with Crippen molar-refractivity contribution >= 4 is 18.9 Å². The van der Waals surface area contributed by atoms with E-state index in [9.17, 15) is 9.18 Å². The molecule has 0 amide bonds. The molecule has 1 rings (SSSR count). The van der Waals surface area contributed by atoms with Crippen molar-refractivity contribution in [3.8, 4) is 0 Å². The van der Waals surface area contributed by atoms with E-state index in [1.807, 2.05) is 0 Å². The van der Waals surface area contributed by atoms with E-state index in [0.29, 0.717) is 11.5 Å². The van der Waals surface area contributed by atoms with Crippen molar-refractivity contribution in [1.29, 1.82) is 0 Å². The molecule has 3 heteroatoms. The lowest BCUT2D eigenvalue weighted by Gasteiger charge is -1.78. The number of halogens is 1. The lowest BCUT2D eigenvalue weighted by atomic mass is 10.4. The van der Waals surface area contributed by atoms with Crippen LogP contribution in [0.4, 0.5) is 4.39 Å². The molecule has 1 heterocycles. The summed E-state index contributed by atoms with van der Waals surface area (Å²) in [4.78, 5) is 10.2. The fourth-order valence-corrected chi connectivity index (χ4v) is 0.787. The molecule has 1 aromatic heterocycles. The molecule has 0 aromatic carbocycles. The zero-order valence-electron chi connectivity index (χ0n) is 6.34. The molecule has 12 heavy (non-hydrogen) atoms. The standard InChI is InChI=1S/C9H7FO2/c1-6-3-8(5-11)12-9(6)4-7(2)10/h3-5H,1-2H2/b9-4+. The Bertz CT molecular complexity index is 414. The van der Waals surface area contributed by atoms with Crippen LogP contribution in [-0.4, -0.2) is 6.29 Å². The first-order chi connectivity index (χ1) is 5.63. The van der Waals surface area contributed by atoms with E-state index in [1.165, 1.54) is 6.07 Å². The smallest absolute Gasteiger partial charge is 0.185 e. The highest BCUT2D eigenvalue weighted by atomic mass is 19.1. The van der Waals surface area contributed by atoms with Crippen LogP contribution < -0.4 is 10.6 Å². The van der Waals surface area contributed by atoms with Gasteiger partial charge in [-0.2, -0.15) is 0 Å². The van der Waals surface area contributed by atoms with E-state index in [0.717, 1.165) is 6.08 Å². The van der Waals surface area contributed by atoms with Crippen molar-refractivity contribution in [1.82, 2.24) is 0 Å². The molecule has 0 aliphatic heterocycles. The van der Waals surface area contributed by atoms with Gasteiger partial charge in [0.1, 0.15) is 11.2 Å². The van der Waals surface area contributed by atoms with E-state index in [2.05, 4.69) is 13.2 Å². The molecule has 0 aliphatic rings. The SMILES string of the molecule is C=C(F)/C=c1/oc(C=O)cc1=C.